The fraction of sp³-hybridized carbons (Fsp3) is 0.0833. The lowest BCUT2D eigenvalue weighted by molar-refractivity contribution is 0.0950. The summed E-state index contributed by atoms with van der Waals surface area (Å²) in [6.07, 6.45) is 0. The topological polar surface area (TPSA) is 135 Å². The first-order chi connectivity index (χ1) is 17.1. The number of aryl methyl sites for hydroxylation is 1. The second-order valence-corrected chi connectivity index (χ2v) is 8.84. The lowest BCUT2D eigenvalue weighted by Gasteiger charge is -2.11. The van der Waals surface area contributed by atoms with Crippen LogP contribution in [0.5, 0.6) is 0 Å². The van der Waals surface area contributed by atoms with Gasteiger partial charge in [-0.05, 0) is 53.1 Å². The largest absolute Gasteiger partial charge is 0.361 e. The number of benzene rings is 2. The zero-order chi connectivity index (χ0) is 23.8. The van der Waals surface area contributed by atoms with Crippen LogP contribution in [0, 0.1) is 6.92 Å². The third-order valence-electron chi connectivity index (χ3n) is 5.51. The number of hydrogen-bond acceptors (Lipinski definition) is 9. The number of tetrazole rings is 1. The molecule has 0 bridgehead atoms. The average molecular weight is 483 g/mol. The Hall–Kier alpha value is -4.64. The second-order valence-electron chi connectivity index (χ2n) is 7.92. The smallest absolute Gasteiger partial charge is 0.251 e. The van der Waals surface area contributed by atoms with Crippen LogP contribution in [0.2, 0.25) is 0 Å². The number of H-pyrrole nitrogens is 1. The van der Waals surface area contributed by atoms with Crippen LogP contribution >= 0.6 is 11.3 Å². The highest BCUT2D eigenvalue weighted by atomic mass is 32.1. The van der Waals surface area contributed by atoms with E-state index in [-0.39, 0.29) is 5.91 Å². The molecular formula is C24H18N8O2S. The number of thiophene rings is 1. The van der Waals surface area contributed by atoms with E-state index in [9.17, 15) is 4.79 Å². The molecule has 11 heteroatoms. The first-order valence-corrected chi connectivity index (χ1v) is 11.6. The fourth-order valence-electron chi connectivity index (χ4n) is 3.87. The summed E-state index contributed by atoms with van der Waals surface area (Å²) in [6, 6.07) is 17.1. The Bertz CT molecular complexity index is 1670. The lowest BCUT2D eigenvalue weighted by Crippen LogP contribution is -2.22. The first-order valence-electron chi connectivity index (χ1n) is 10.8. The average Bonchev–Trinajstić information content (AvgIpc) is 3.65. The van der Waals surface area contributed by atoms with Gasteiger partial charge in [0.25, 0.3) is 5.91 Å². The molecular weight excluding hydrogens is 464 g/mol. The highest BCUT2D eigenvalue weighted by Gasteiger charge is 2.13. The number of aromatic amines is 1. The quantitative estimate of drug-likeness (QED) is 0.314. The summed E-state index contributed by atoms with van der Waals surface area (Å²) in [5, 5.41) is 28.3. The maximum atomic E-state index is 12.7. The number of carbonyl (C=O) groups is 1. The SMILES string of the molecule is Cc1cc(CNC(=O)c2cccc(Nc3nc4cc(-c5nnn[nH]5)ccc4c4sccc34)c2)no1. The van der Waals surface area contributed by atoms with Crippen molar-refractivity contribution in [1.82, 2.24) is 36.1 Å². The molecule has 0 aliphatic carbocycles. The van der Waals surface area contributed by atoms with E-state index in [0.29, 0.717) is 35.2 Å². The van der Waals surface area contributed by atoms with Crippen LogP contribution in [-0.4, -0.2) is 36.7 Å². The Labute approximate surface area is 202 Å². The van der Waals surface area contributed by atoms with Gasteiger partial charge in [0.05, 0.1) is 12.1 Å². The van der Waals surface area contributed by atoms with Gasteiger partial charge < -0.3 is 15.2 Å². The summed E-state index contributed by atoms with van der Waals surface area (Å²) in [6.45, 7) is 2.10. The minimum atomic E-state index is -0.202. The van der Waals surface area contributed by atoms with E-state index in [2.05, 4.69) is 36.4 Å². The summed E-state index contributed by atoms with van der Waals surface area (Å²) in [5.74, 6) is 1.78. The molecule has 6 aromatic rings. The Balaban J connectivity index is 1.30. The number of rotatable bonds is 6. The van der Waals surface area contributed by atoms with Crippen LogP contribution in [0.25, 0.3) is 32.4 Å². The molecule has 0 saturated heterocycles. The van der Waals surface area contributed by atoms with Crippen LogP contribution in [0.1, 0.15) is 21.8 Å². The molecule has 2 aromatic carbocycles. The van der Waals surface area contributed by atoms with E-state index in [1.165, 1.54) is 0 Å². The first kappa shape index (κ1) is 20.9. The van der Waals surface area contributed by atoms with Crippen LogP contribution in [0.4, 0.5) is 11.5 Å². The maximum absolute atomic E-state index is 12.7. The van der Waals surface area contributed by atoms with Gasteiger partial charge in [0.15, 0.2) is 5.82 Å². The molecule has 172 valence electrons. The van der Waals surface area contributed by atoms with Crippen molar-refractivity contribution < 1.29 is 9.32 Å². The third-order valence-corrected chi connectivity index (χ3v) is 6.46. The van der Waals surface area contributed by atoms with Gasteiger partial charge >= 0.3 is 0 Å². The standard InChI is InChI=1S/C24H18N8O2S/c1-13-9-17(30-34-13)12-25-24(33)15-3-2-4-16(10-15)26-23-19-7-8-35-21(19)18-6-5-14(11-20(18)27-23)22-28-31-32-29-22/h2-11H,12H2,1H3,(H,25,33)(H,26,27)(H,28,29,31,32). The molecule has 4 aromatic heterocycles. The zero-order valence-corrected chi connectivity index (χ0v) is 19.3. The zero-order valence-electron chi connectivity index (χ0n) is 18.4. The molecule has 0 fully saturated rings. The van der Waals surface area contributed by atoms with Gasteiger partial charge in [-0.1, -0.05) is 23.4 Å². The Morgan fingerprint density at radius 2 is 2.06 bits per heavy atom. The van der Waals surface area contributed by atoms with Crippen molar-refractivity contribution in [1.29, 1.82) is 0 Å². The molecule has 10 nitrogen and oxygen atoms in total. The number of fused-ring (bicyclic) bond motifs is 3. The van der Waals surface area contributed by atoms with E-state index >= 15 is 0 Å². The number of carbonyl (C=O) groups excluding carboxylic acids is 1. The van der Waals surface area contributed by atoms with Gasteiger partial charge in [-0.2, -0.15) is 0 Å². The number of nitrogens with zero attached hydrogens (tertiary/aromatic N) is 5. The van der Waals surface area contributed by atoms with Crippen LogP contribution in [0.3, 0.4) is 0 Å². The van der Waals surface area contributed by atoms with Crippen molar-refractivity contribution in [2.75, 3.05) is 5.32 Å². The number of nitrogens with one attached hydrogen (secondary N) is 3. The summed E-state index contributed by atoms with van der Waals surface area (Å²) in [5.41, 5.74) is 3.61. The molecule has 0 aliphatic rings. The van der Waals surface area contributed by atoms with E-state index in [0.717, 1.165) is 32.2 Å². The van der Waals surface area contributed by atoms with Crippen LogP contribution < -0.4 is 10.6 Å². The van der Waals surface area contributed by atoms with Gasteiger partial charge in [-0.3, -0.25) is 4.79 Å². The monoisotopic (exact) mass is 482 g/mol. The van der Waals surface area contributed by atoms with E-state index in [4.69, 9.17) is 9.51 Å². The van der Waals surface area contributed by atoms with Gasteiger partial charge in [0.2, 0.25) is 0 Å². The number of aromatic nitrogens is 6. The number of anilines is 2. The molecule has 0 aliphatic heterocycles. The summed E-state index contributed by atoms with van der Waals surface area (Å²) < 4.78 is 6.17. The molecule has 0 spiro atoms. The third kappa shape index (κ3) is 4.08. The minimum absolute atomic E-state index is 0.202. The molecule has 0 saturated carbocycles. The molecule has 1 amide bonds. The van der Waals surface area contributed by atoms with Gasteiger partial charge in [-0.15, -0.1) is 16.4 Å². The summed E-state index contributed by atoms with van der Waals surface area (Å²) >= 11 is 1.65. The normalized spacial score (nSPS) is 11.2. The molecule has 6 rings (SSSR count). The highest BCUT2D eigenvalue weighted by Crippen LogP contribution is 2.36. The predicted octanol–water partition coefficient (Wildman–Crippen LogP) is 4.60. The Morgan fingerprint density at radius 3 is 2.89 bits per heavy atom. The van der Waals surface area contributed by atoms with E-state index in [1.807, 2.05) is 48.7 Å². The molecule has 3 N–H and O–H groups in total. The minimum Gasteiger partial charge on any atom is -0.361 e. The Kier molecular flexibility index (Phi) is 5.15. The van der Waals surface area contributed by atoms with Crippen LogP contribution in [0.15, 0.2) is 64.5 Å². The maximum Gasteiger partial charge on any atom is 0.251 e. The molecule has 0 atom stereocenters. The lowest BCUT2D eigenvalue weighted by atomic mass is 10.1. The van der Waals surface area contributed by atoms with Crippen molar-refractivity contribution in [3.05, 3.63) is 77.0 Å². The molecule has 0 radical (unpaired) electrons. The summed E-state index contributed by atoms with van der Waals surface area (Å²) in [4.78, 5) is 17.6. The van der Waals surface area contributed by atoms with Crippen LogP contribution in [-0.2, 0) is 6.54 Å². The Morgan fingerprint density at radius 1 is 1.11 bits per heavy atom. The molecule has 4 heterocycles. The van der Waals surface area contributed by atoms with Crippen molar-refractivity contribution in [2.45, 2.75) is 13.5 Å². The highest BCUT2D eigenvalue weighted by molar-refractivity contribution is 7.18. The number of hydrogen-bond donors (Lipinski definition) is 3. The van der Waals surface area contributed by atoms with Crippen molar-refractivity contribution in [3.63, 3.8) is 0 Å². The summed E-state index contributed by atoms with van der Waals surface area (Å²) in [7, 11) is 0. The van der Waals surface area contributed by atoms with E-state index in [1.54, 1.807) is 29.5 Å². The van der Waals surface area contributed by atoms with Gasteiger partial charge in [0, 0.05) is 38.4 Å². The second kappa shape index (κ2) is 8.61. The van der Waals surface area contributed by atoms with Crippen molar-refractivity contribution in [2.24, 2.45) is 0 Å². The van der Waals surface area contributed by atoms with Crippen molar-refractivity contribution in [3.8, 4) is 11.4 Å². The van der Waals surface area contributed by atoms with Gasteiger partial charge in [-0.25, -0.2) is 10.1 Å². The van der Waals surface area contributed by atoms with Gasteiger partial charge in [0.1, 0.15) is 17.3 Å². The number of pyridine rings is 1. The molecule has 0 unspecified atom stereocenters. The predicted molar refractivity (Wildman–Crippen MR) is 132 cm³/mol. The van der Waals surface area contributed by atoms with E-state index < -0.39 is 0 Å². The van der Waals surface area contributed by atoms with Crippen molar-refractivity contribution >= 4 is 49.7 Å². The molecule has 35 heavy (non-hydrogen) atoms. The number of amides is 1. The fourth-order valence-corrected chi connectivity index (χ4v) is 4.81.